The summed E-state index contributed by atoms with van der Waals surface area (Å²) in [6.07, 6.45) is 3.29. The van der Waals surface area contributed by atoms with Crippen molar-refractivity contribution in [1.82, 2.24) is 14.9 Å². The molecule has 8 heteroatoms. The van der Waals surface area contributed by atoms with E-state index >= 15 is 0 Å². The van der Waals surface area contributed by atoms with E-state index in [1.54, 1.807) is 38.6 Å². The van der Waals surface area contributed by atoms with Crippen LogP contribution in [0.2, 0.25) is 0 Å². The SMILES string of the molecule is Brc1ccc(Br)nc1.C.CC(=O)N(C)C.CC(=O)c1ccc(Br)nc1. The molecule has 5 nitrogen and oxygen atoms in total. The first-order valence-electron chi connectivity index (χ1n) is 6.71. The summed E-state index contributed by atoms with van der Waals surface area (Å²) in [5.74, 6) is 0.134. The zero-order chi connectivity index (χ0) is 18.7. The van der Waals surface area contributed by atoms with Gasteiger partial charge < -0.3 is 4.90 Å². The van der Waals surface area contributed by atoms with Crippen molar-refractivity contribution < 1.29 is 9.59 Å². The smallest absolute Gasteiger partial charge is 0.218 e. The van der Waals surface area contributed by atoms with Crippen molar-refractivity contribution in [1.29, 1.82) is 0 Å². The summed E-state index contributed by atoms with van der Waals surface area (Å²) in [6, 6.07) is 7.29. The van der Waals surface area contributed by atoms with E-state index in [1.807, 2.05) is 12.1 Å². The van der Waals surface area contributed by atoms with E-state index in [1.165, 1.54) is 18.7 Å². The molecule has 0 fully saturated rings. The number of hydrogen-bond donors (Lipinski definition) is 0. The molecule has 0 aliphatic rings. The van der Waals surface area contributed by atoms with Crippen molar-refractivity contribution in [3.63, 3.8) is 0 Å². The molecule has 25 heavy (non-hydrogen) atoms. The molecule has 0 radical (unpaired) electrons. The average molecular weight is 540 g/mol. The Balaban J connectivity index is 0. The summed E-state index contributed by atoms with van der Waals surface area (Å²) >= 11 is 9.65. The van der Waals surface area contributed by atoms with Crippen LogP contribution in [0, 0.1) is 0 Å². The fourth-order valence-electron chi connectivity index (χ4n) is 0.942. The number of rotatable bonds is 1. The standard InChI is InChI=1S/C7H6BrNO.C5H3Br2N.C4H9NO.CH4/c1-5(10)6-2-3-7(8)9-4-6;6-4-1-2-5(7)8-3-4;1-4(6)5(2)3;/h2-4H,1H3;1-3H;1-3H3;1H4. The molecular formula is C17H22Br3N3O2. The average Bonchev–Trinajstić information content (AvgIpc) is 2.52. The molecule has 0 bridgehead atoms. The molecule has 0 spiro atoms. The second-order valence-corrected chi connectivity index (χ2v) is 7.18. The number of nitrogens with zero attached hydrogens (tertiary/aromatic N) is 3. The minimum Gasteiger partial charge on any atom is -0.349 e. The Hall–Kier alpha value is -1.12. The molecule has 1 amide bonds. The lowest BCUT2D eigenvalue weighted by molar-refractivity contribution is -0.126. The van der Waals surface area contributed by atoms with Gasteiger partial charge in [0.1, 0.15) is 9.21 Å². The minimum absolute atomic E-state index is 0. The lowest BCUT2D eigenvalue weighted by atomic mass is 10.2. The van der Waals surface area contributed by atoms with Crippen molar-refractivity contribution in [2.24, 2.45) is 0 Å². The highest BCUT2D eigenvalue weighted by molar-refractivity contribution is 9.11. The van der Waals surface area contributed by atoms with Crippen LogP contribution in [0.15, 0.2) is 50.3 Å². The Bertz CT molecular complexity index is 624. The largest absolute Gasteiger partial charge is 0.349 e. The highest BCUT2D eigenvalue weighted by Crippen LogP contribution is 2.10. The Morgan fingerprint density at radius 1 is 0.880 bits per heavy atom. The summed E-state index contributed by atoms with van der Waals surface area (Å²) in [4.78, 5) is 30.1. The van der Waals surface area contributed by atoms with Crippen molar-refractivity contribution in [2.45, 2.75) is 21.3 Å². The number of amides is 1. The first-order valence-corrected chi connectivity index (χ1v) is 9.08. The van der Waals surface area contributed by atoms with Gasteiger partial charge in [0.25, 0.3) is 0 Å². The van der Waals surface area contributed by atoms with Gasteiger partial charge >= 0.3 is 0 Å². The molecule has 0 saturated carbocycles. The molecule has 0 aromatic carbocycles. The zero-order valence-corrected chi connectivity index (χ0v) is 18.5. The van der Waals surface area contributed by atoms with Crippen molar-refractivity contribution in [2.75, 3.05) is 14.1 Å². The van der Waals surface area contributed by atoms with Gasteiger partial charge in [-0.1, -0.05) is 7.43 Å². The third kappa shape index (κ3) is 13.8. The lowest BCUT2D eigenvalue weighted by Crippen LogP contribution is -2.17. The predicted molar refractivity (Wildman–Crippen MR) is 113 cm³/mol. The Morgan fingerprint density at radius 3 is 1.56 bits per heavy atom. The molecule has 0 saturated heterocycles. The highest BCUT2D eigenvalue weighted by Gasteiger charge is 1.96. The van der Waals surface area contributed by atoms with E-state index in [0.29, 0.717) is 5.56 Å². The van der Waals surface area contributed by atoms with Crippen LogP contribution in [0.5, 0.6) is 0 Å². The third-order valence-corrected chi connectivity index (χ3v) is 3.86. The molecule has 0 atom stereocenters. The molecule has 0 aliphatic carbocycles. The third-order valence-electron chi connectivity index (χ3n) is 2.45. The lowest BCUT2D eigenvalue weighted by Gasteiger charge is -2.02. The molecular weight excluding hydrogens is 518 g/mol. The maximum atomic E-state index is 10.7. The maximum Gasteiger partial charge on any atom is 0.218 e. The Labute approximate surface area is 174 Å². The molecule has 138 valence electrons. The van der Waals surface area contributed by atoms with Crippen LogP contribution >= 0.6 is 47.8 Å². The summed E-state index contributed by atoms with van der Waals surface area (Å²) < 4.78 is 2.61. The summed E-state index contributed by atoms with van der Waals surface area (Å²) in [5.41, 5.74) is 0.642. The normalized spacial score (nSPS) is 8.60. The van der Waals surface area contributed by atoms with Gasteiger partial charge in [-0.15, -0.1) is 0 Å². The predicted octanol–water partition coefficient (Wildman–Crippen LogP) is 5.38. The number of carbonyl (C=O) groups excluding carboxylic acids is 2. The Kier molecular flexibility index (Phi) is 14.7. The molecule has 0 aliphatic heterocycles. The molecule has 0 unspecified atom stereocenters. The van der Waals surface area contributed by atoms with Gasteiger partial charge in [-0.3, -0.25) is 9.59 Å². The van der Waals surface area contributed by atoms with Crippen molar-refractivity contribution >= 4 is 59.5 Å². The van der Waals surface area contributed by atoms with Gasteiger partial charge in [-0.2, -0.15) is 0 Å². The fraction of sp³-hybridized carbons (Fsp3) is 0.294. The van der Waals surface area contributed by atoms with Crippen LogP contribution in [-0.4, -0.2) is 40.7 Å². The van der Waals surface area contributed by atoms with E-state index in [9.17, 15) is 9.59 Å². The summed E-state index contributed by atoms with van der Waals surface area (Å²) in [5, 5.41) is 0. The number of ketones is 1. The number of halogens is 3. The van der Waals surface area contributed by atoms with Gasteiger partial charge in [-0.05, 0) is 79.0 Å². The van der Waals surface area contributed by atoms with Crippen LogP contribution in [0.4, 0.5) is 0 Å². The Morgan fingerprint density at radius 2 is 1.32 bits per heavy atom. The number of carbonyl (C=O) groups is 2. The number of hydrogen-bond acceptors (Lipinski definition) is 4. The minimum atomic E-state index is 0. The van der Waals surface area contributed by atoms with E-state index < -0.39 is 0 Å². The zero-order valence-electron chi connectivity index (χ0n) is 13.8. The molecule has 0 N–H and O–H groups in total. The van der Waals surface area contributed by atoms with Gasteiger partial charge in [0.2, 0.25) is 5.91 Å². The van der Waals surface area contributed by atoms with Crippen molar-refractivity contribution in [3.8, 4) is 0 Å². The first-order chi connectivity index (χ1) is 11.1. The second-order valence-electron chi connectivity index (χ2n) is 4.64. The quantitative estimate of drug-likeness (QED) is 0.360. The number of aromatic nitrogens is 2. The van der Waals surface area contributed by atoms with Crippen LogP contribution in [0.25, 0.3) is 0 Å². The first kappa shape index (κ1) is 26.1. The van der Waals surface area contributed by atoms with E-state index in [0.717, 1.165) is 13.7 Å². The maximum absolute atomic E-state index is 10.7. The van der Waals surface area contributed by atoms with Crippen LogP contribution < -0.4 is 0 Å². The molecule has 2 aromatic rings. The fourth-order valence-corrected chi connectivity index (χ4v) is 1.65. The van der Waals surface area contributed by atoms with Gasteiger partial charge in [0, 0.05) is 43.4 Å². The molecule has 2 heterocycles. The summed E-state index contributed by atoms with van der Waals surface area (Å²) in [7, 11) is 3.45. The van der Waals surface area contributed by atoms with E-state index in [4.69, 9.17) is 0 Å². The van der Waals surface area contributed by atoms with Crippen molar-refractivity contribution in [3.05, 3.63) is 55.9 Å². The van der Waals surface area contributed by atoms with E-state index in [2.05, 4.69) is 57.8 Å². The highest BCUT2D eigenvalue weighted by atomic mass is 79.9. The van der Waals surface area contributed by atoms with E-state index in [-0.39, 0.29) is 19.1 Å². The van der Waals surface area contributed by atoms with Crippen LogP contribution in [-0.2, 0) is 4.79 Å². The van der Waals surface area contributed by atoms with Gasteiger partial charge in [0.15, 0.2) is 5.78 Å². The second kappa shape index (κ2) is 14.1. The van der Waals surface area contributed by atoms with Gasteiger partial charge in [-0.25, -0.2) is 9.97 Å². The topological polar surface area (TPSA) is 63.2 Å². The van der Waals surface area contributed by atoms with Crippen LogP contribution in [0.1, 0.15) is 31.6 Å². The summed E-state index contributed by atoms with van der Waals surface area (Å²) in [6.45, 7) is 3.05. The van der Waals surface area contributed by atoms with Gasteiger partial charge in [0.05, 0.1) is 0 Å². The van der Waals surface area contributed by atoms with Crippen LogP contribution in [0.3, 0.4) is 0 Å². The number of pyridine rings is 2. The number of Topliss-reactive ketones (excluding diaryl/α,β-unsaturated/α-hetero) is 1. The molecule has 2 aromatic heterocycles. The monoisotopic (exact) mass is 537 g/mol. The molecule has 2 rings (SSSR count).